The number of imide groups is 1. The average Bonchev–Trinajstić information content (AvgIpc) is 3.01. The number of benzene rings is 2. The van der Waals surface area contributed by atoms with Gasteiger partial charge in [0.2, 0.25) is 0 Å². The number of hydrogen-bond acceptors (Lipinski definition) is 7. The fourth-order valence-corrected chi connectivity index (χ4v) is 3.73. The minimum Gasteiger partial charge on any atom is -0.454 e. The number of non-ortho nitro benzene ring substituents is 1. The molecule has 10 nitrogen and oxygen atoms in total. The molecule has 2 aromatic rings. The van der Waals surface area contributed by atoms with E-state index in [1.807, 2.05) is 0 Å². The number of fused-ring (bicyclic) bond motifs is 2. The average molecular weight is 423 g/mol. The molecule has 0 fully saturated rings. The van der Waals surface area contributed by atoms with Gasteiger partial charge in [0.1, 0.15) is 6.54 Å². The van der Waals surface area contributed by atoms with Crippen molar-refractivity contribution in [1.29, 1.82) is 0 Å². The lowest BCUT2D eigenvalue weighted by molar-refractivity contribution is -0.384. The van der Waals surface area contributed by atoms with Crippen LogP contribution < -0.4 is 4.90 Å². The smallest absolute Gasteiger partial charge is 0.326 e. The van der Waals surface area contributed by atoms with E-state index in [0.29, 0.717) is 30.6 Å². The summed E-state index contributed by atoms with van der Waals surface area (Å²) >= 11 is 0. The Morgan fingerprint density at radius 1 is 1.06 bits per heavy atom. The molecule has 0 unspecified atom stereocenters. The van der Waals surface area contributed by atoms with Gasteiger partial charge >= 0.3 is 5.97 Å². The minimum atomic E-state index is -0.885. The van der Waals surface area contributed by atoms with Gasteiger partial charge in [-0.25, -0.2) is 0 Å². The van der Waals surface area contributed by atoms with Gasteiger partial charge in [0.25, 0.3) is 23.4 Å². The van der Waals surface area contributed by atoms with Crippen LogP contribution in [0.15, 0.2) is 42.5 Å². The molecule has 2 aromatic carbocycles. The van der Waals surface area contributed by atoms with E-state index in [0.717, 1.165) is 4.90 Å². The molecule has 2 aliphatic heterocycles. The van der Waals surface area contributed by atoms with E-state index < -0.39 is 41.8 Å². The van der Waals surface area contributed by atoms with Gasteiger partial charge in [-0.3, -0.25) is 34.2 Å². The number of rotatable bonds is 5. The predicted molar refractivity (Wildman–Crippen MR) is 107 cm³/mol. The summed E-state index contributed by atoms with van der Waals surface area (Å²) in [4.78, 5) is 62.1. The van der Waals surface area contributed by atoms with Crippen LogP contribution in [0.3, 0.4) is 0 Å². The first-order valence-corrected chi connectivity index (χ1v) is 9.55. The largest absolute Gasteiger partial charge is 0.454 e. The predicted octanol–water partition coefficient (Wildman–Crippen LogP) is 1.71. The quantitative estimate of drug-likeness (QED) is 0.310. The highest BCUT2D eigenvalue weighted by Crippen LogP contribution is 2.30. The van der Waals surface area contributed by atoms with Gasteiger partial charge in [-0.1, -0.05) is 12.1 Å². The number of anilines is 1. The molecule has 3 amide bonds. The van der Waals surface area contributed by atoms with Crippen molar-refractivity contribution in [3.63, 3.8) is 0 Å². The van der Waals surface area contributed by atoms with E-state index in [2.05, 4.69) is 0 Å². The number of nitro benzene ring substituents is 1. The Kier molecular flexibility index (Phi) is 5.20. The minimum absolute atomic E-state index is 0.0552. The van der Waals surface area contributed by atoms with E-state index in [9.17, 15) is 29.3 Å². The number of amides is 3. The SMILES string of the molecule is O=C(CN1C(=O)c2ccccc2C1=O)OCC(=O)N1CCCc2cc([N+](=O)[O-])ccc21. The first kappa shape index (κ1) is 20.2. The molecule has 2 aliphatic rings. The van der Waals surface area contributed by atoms with E-state index >= 15 is 0 Å². The van der Waals surface area contributed by atoms with Crippen LogP contribution in [0.2, 0.25) is 0 Å². The number of esters is 1. The Bertz CT molecular complexity index is 1090. The maximum Gasteiger partial charge on any atom is 0.326 e. The molecule has 0 spiro atoms. The monoisotopic (exact) mass is 423 g/mol. The summed E-state index contributed by atoms with van der Waals surface area (Å²) in [6.45, 7) is -0.777. The molecule has 0 saturated heterocycles. The molecule has 0 aromatic heterocycles. The molecule has 31 heavy (non-hydrogen) atoms. The molecule has 10 heteroatoms. The second-order valence-electron chi connectivity index (χ2n) is 7.12. The Labute approximate surface area is 176 Å². The van der Waals surface area contributed by atoms with Crippen molar-refractivity contribution in [2.75, 3.05) is 24.6 Å². The number of carbonyl (C=O) groups excluding carboxylic acids is 4. The molecule has 0 radical (unpaired) electrons. The van der Waals surface area contributed by atoms with Crippen LogP contribution in [-0.2, 0) is 20.7 Å². The van der Waals surface area contributed by atoms with Crippen molar-refractivity contribution in [3.05, 3.63) is 69.3 Å². The fourth-order valence-electron chi connectivity index (χ4n) is 3.73. The van der Waals surface area contributed by atoms with E-state index in [-0.39, 0.29) is 16.8 Å². The highest BCUT2D eigenvalue weighted by Gasteiger charge is 2.36. The number of ether oxygens (including phenoxy) is 1. The van der Waals surface area contributed by atoms with Gasteiger partial charge in [-0.2, -0.15) is 0 Å². The zero-order valence-electron chi connectivity index (χ0n) is 16.3. The number of nitrogens with zero attached hydrogens (tertiary/aromatic N) is 3. The molecule has 4 rings (SSSR count). The third-order valence-corrected chi connectivity index (χ3v) is 5.22. The van der Waals surface area contributed by atoms with Gasteiger partial charge < -0.3 is 9.64 Å². The zero-order valence-corrected chi connectivity index (χ0v) is 16.3. The first-order chi connectivity index (χ1) is 14.9. The molecule has 0 N–H and O–H groups in total. The summed E-state index contributed by atoms with van der Waals surface area (Å²) in [5, 5.41) is 11.0. The lowest BCUT2D eigenvalue weighted by Gasteiger charge is -2.29. The van der Waals surface area contributed by atoms with Crippen molar-refractivity contribution in [2.45, 2.75) is 12.8 Å². The van der Waals surface area contributed by atoms with Crippen LogP contribution in [0, 0.1) is 10.1 Å². The first-order valence-electron chi connectivity index (χ1n) is 9.55. The van der Waals surface area contributed by atoms with Crippen LogP contribution in [0.5, 0.6) is 0 Å². The van der Waals surface area contributed by atoms with Gasteiger partial charge in [0, 0.05) is 24.4 Å². The lowest BCUT2D eigenvalue weighted by atomic mass is 10.0. The van der Waals surface area contributed by atoms with Crippen molar-refractivity contribution < 1.29 is 28.8 Å². The summed E-state index contributed by atoms with van der Waals surface area (Å²) in [6.07, 6.45) is 1.21. The lowest BCUT2D eigenvalue weighted by Crippen LogP contribution is -2.40. The Hall–Kier alpha value is -4.08. The van der Waals surface area contributed by atoms with Crippen molar-refractivity contribution in [2.24, 2.45) is 0 Å². The van der Waals surface area contributed by atoms with Gasteiger partial charge in [-0.05, 0) is 36.6 Å². The van der Waals surface area contributed by atoms with E-state index in [4.69, 9.17) is 4.74 Å². The van der Waals surface area contributed by atoms with Crippen molar-refractivity contribution in [1.82, 2.24) is 4.90 Å². The summed E-state index contributed by atoms with van der Waals surface area (Å²) in [5.74, 6) is -2.56. The summed E-state index contributed by atoms with van der Waals surface area (Å²) in [5.41, 5.74) is 1.59. The Morgan fingerprint density at radius 3 is 2.39 bits per heavy atom. The van der Waals surface area contributed by atoms with Crippen LogP contribution in [0.25, 0.3) is 0 Å². The molecule has 158 valence electrons. The van der Waals surface area contributed by atoms with Crippen LogP contribution in [-0.4, -0.2) is 53.2 Å². The number of carbonyl (C=O) groups is 4. The van der Waals surface area contributed by atoms with Crippen molar-refractivity contribution >= 4 is 35.1 Å². The third-order valence-electron chi connectivity index (χ3n) is 5.22. The molecule has 2 heterocycles. The van der Waals surface area contributed by atoms with Gasteiger partial charge in [0.05, 0.1) is 16.1 Å². The summed E-state index contributed by atoms with van der Waals surface area (Å²) < 4.78 is 5.01. The topological polar surface area (TPSA) is 127 Å². The highest BCUT2D eigenvalue weighted by atomic mass is 16.6. The maximum absolute atomic E-state index is 12.6. The standard InChI is InChI=1S/C21H17N3O7/c25-18(22-9-3-4-13-10-14(24(29)30)7-8-17(13)22)12-31-19(26)11-23-20(27)15-5-1-2-6-16(15)21(23)28/h1-2,5-8,10H,3-4,9,11-12H2. The second-order valence-corrected chi connectivity index (χ2v) is 7.12. The Morgan fingerprint density at radius 2 is 1.74 bits per heavy atom. The summed E-state index contributed by atoms with van der Waals surface area (Å²) in [6, 6.07) is 10.5. The third kappa shape index (κ3) is 3.75. The van der Waals surface area contributed by atoms with Crippen LogP contribution in [0.1, 0.15) is 32.7 Å². The maximum atomic E-state index is 12.6. The number of aryl methyl sites for hydroxylation is 1. The summed E-state index contributed by atoms with van der Waals surface area (Å²) in [7, 11) is 0. The highest BCUT2D eigenvalue weighted by molar-refractivity contribution is 6.22. The van der Waals surface area contributed by atoms with Crippen LogP contribution >= 0.6 is 0 Å². The molecular formula is C21H17N3O7. The number of hydrogen-bond donors (Lipinski definition) is 0. The fraction of sp³-hybridized carbons (Fsp3) is 0.238. The van der Waals surface area contributed by atoms with Crippen LogP contribution in [0.4, 0.5) is 11.4 Å². The molecular weight excluding hydrogens is 406 g/mol. The van der Waals surface area contributed by atoms with E-state index in [1.165, 1.54) is 35.2 Å². The molecule has 0 atom stereocenters. The number of nitro groups is 1. The normalized spacial score (nSPS) is 14.8. The second kappa shape index (κ2) is 7.98. The molecule has 0 bridgehead atoms. The Balaban J connectivity index is 1.38. The van der Waals surface area contributed by atoms with Crippen molar-refractivity contribution in [3.8, 4) is 0 Å². The molecule has 0 saturated carbocycles. The van der Waals surface area contributed by atoms with Gasteiger partial charge in [-0.15, -0.1) is 0 Å². The van der Waals surface area contributed by atoms with E-state index in [1.54, 1.807) is 12.1 Å². The zero-order chi connectivity index (χ0) is 22.1. The van der Waals surface area contributed by atoms with Gasteiger partial charge in [0.15, 0.2) is 6.61 Å². The molecule has 0 aliphatic carbocycles.